The van der Waals surface area contributed by atoms with Crippen LogP contribution in [-0.4, -0.2) is 32.9 Å². The molecule has 0 saturated carbocycles. The molecular weight excluding hydrogens is 418 g/mol. The monoisotopic (exact) mass is 453 g/mol. The van der Waals surface area contributed by atoms with Crippen molar-refractivity contribution < 1.29 is 0 Å². The van der Waals surface area contributed by atoms with E-state index in [1.807, 2.05) is 12.3 Å². The zero-order valence-electron chi connectivity index (χ0n) is 20.1. The minimum atomic E-state index is -0.0327. The summed E-state index contributed by atoms with van der Waals surface area (Å²) in [6.07, 6.45) is 7.39. The Morgan fingerprint density at radius 3 is 2.68 bits per heavy atom. The minimum absolute atomic E-state index is 0.0327. The molecule has 5 heteroatoms. The van der Waals surface area contributed by atoms with Crippen LogP contribution in [-0.2, 0) is 18.4 Å². The lowest BCUT2D eigenvalue weighted by Crippen LogP contribution is -2.40. The third kappa shape index (κ3) is 4.50. The Hall–Kier alpha value is -3.02. The largest absolute Gasteiger partial charge is 0.341 e. The van der Waals surface area contributed by atoms with Crippen molar-refractivity contribution in [3.8, 4) is 0 Å². The number of hydrogen-bond donors (Lipinski definition) is 2. The van der Waals surface area contributed by atoms with Crippen molar-refractivity contribution in [2.75, 3.05) is 13.1 Å². The molecule has 2 aromatic heterocycles. The number of para-hydroxylation sites is 2. The van der Waals surface area contributed by atoms with Crippen LogP contribution in [0.15, 0.2) is 72.9 Å². The third-order valence-electron chi connectivity index (χ3n) is 7.73. The number of aryl methyl sites for hydroxylation is 1. The molecule has 0 fully saturated rings. The fourth-order valence-corrected chi connectivity index (χ4v) is 5.60. The summed E-state index contributed by atoms with van der Waals surface area (Å²) in [5.41, 5.74) is 12.5. The number of hydrogen-bond acceptors (Lipinski definition) is 4. The summed E-state index contributed by atoms with van der Waals surface area (Å²) in [6.45, 7) is 4.62. The predicted molar refractivity (Wildman–Crippen MR) is 139 cm³/mol. The van der Waals surface area contributed by atoms with Gasteiger partial charge >= 0.3 is 0 Å². The van der Waals surface area contributed by atoms with Gasteiger partial charge in [0.15, 0.2) is 0 Å². The number of aromatic nitrogens is 3. The number of imidazole rings is 1. The van der Waals surface area contributed by atoms with Gasteiger partial charge in [-0.15, -0.1) is 0 Å². The van der Waals surface area contributed by atoms with Crippen LogP contribution in [0.25, 0.3) is 11.0 Å². The van der Waals surface area contributed by atoms with Gasteiger partial charge in [0, 0.05) is 24.7 Å². The van der Waals surface area contributed by atoms with E-state index in [1.54, 1.807) is 0 Å². The Labute approximate surface area is 202 Å². The number of nitrogens with two attached hydrogens (primary N) is 1. The zero-order valence-corrected chi connectivity index (χ0v) is 20.1. The normalized spacial score (nSPS) is 17.6. The lowest BCUT2D eigenvalue weighted by molar-refractivity contribution is 0.145. The molecule has 2 heterocycles. The van der Waals surface area contributed by atoms with E-state index in [-0.39, 0.29) is 5.41 Å². The molecule has 0 amide bonds. The summed E-state index contributed by atoms with van der Waals surface area (Å²) < 4.78 is 0. The van der Waals surface area contributed by atoms with Crippen molar-refractivity contribution in [1.82, 2.24) is 19.9 Å². The van der Waals surface area contributed by atoms with Crippen LogP contribution >= 0.6 is 0 Å². The maximum absolute atomic E-state index is 6.45. The molecule has 4 aromatic rings. The topological polar surface area (TPSA) is 70.8 Å². The van der Waals surface area contributed by atoms with Crippen molar-refractivity contribution in [3.63, 3.8) is 0 Å². The van der Waals surface area contributed by atoms with Crippen LogP contribution in [0.4, 0.5) is 0 Å². The molecule has 0 aliphatic heterocycles. The number of fused-ring (bicyclic) bond motifs is 2. The molecule has 0 spiro atoms. The van der Waals surface area contributed by atoms with Gasteiger partial charge < -0.3 is 10.7 Å². The Kier molecular flexibility index (Phi) is 6.75. The second kappa shape index (κ2) is 10.1. The average molecular weight is 454 g/mol. The Bertz CT molecular complexity index is 1180. The van der Waals surface area contributed by atoms with Gasteiger partial charge in [-0.2, -0.15) is 0 Å². The van der Waals surface area contributed by atoms with Gasteiger partial charge in [0.2, 0.25) is 0 Å². The SMILES string of the molecule is CCC(CN)(CCN(Cc1nc2ccccc2[nH]1)C1CCCc2cccnc21)c1ccccc1. The summed E-state index contributed by atoms with van der Waals surface area (Å²) in [6, 6.07) is 23.7. The molecule has 0 saturated heterocycles. The van der Waals surface area contributed by atoms with E-state index in [1.165, 1.54) is 23.2 Å². The van der Waals surface area contributed by atoms with E-state index < -0.39 is 0 Å². The van der Waals surface area contributed by atoms with Crippen LogP contribution in [0, 0.1) is 0 Å². The number of nitrogens with one attached hydrogen (secondary N) is 1. The van der Waals surface area contributed by atoms with Crippen molar-refractivity contribution >= 4 is 11.0 Å². The van der Waals surface area contributed by atoms with Crippen molar-refractivity contribution in [1.29, 1.82) is 0 Å². The van der Waals surface area contributed by atoms with Gasteiger partial charge in [-0.3, -0.25) is 9.88 Å². The first-order valence-electron chi connectivity index (χ1n) is 12.6. The van der Waals surface area contributed by atoms with Crippen LogP contribution in [0.3, 0.4) is 0 Å². The first-order chi connectivity index (χ1) is 16.7. The second-order valence-corrected chi connectivity index (χ2v) is 9.58. The second-order valence-electron chi connectivity index (χ2n) is 9.58. The van der Waals surface area contributed by atoms with E-state index in [0.717, 1.165) is 55.6 Å². The molecule has 176 valence electrons. The smallest absolute Gasteiger partial charge is 0.121 e. The summed E-state index contributed by atoms with van der Waals surface area (Å²) in [5.74, 6) is 1.01. The minimum Gasteiger partial charge on any atom is -0.341 e. The van der Waals surface area contributed by atoms with E-state index in [9.17, 15) is 0 Å². The van der Waals surface area contributed by atoms with Crippen molar-refractivity contribution in [3.05, 3.63) is 95.6 Å². The fourth-order valence-electron chi connectivity index (χ4n) is 5.60. The molecule has 2 atom stereocenters. The quantitative estimate of drug-likeness (QED) is 0.349. The summed E-state index contributed by atoms with van der Waals surface area (Å²) in [7, 11) is 0. The first-order valence-corrected chi connectivity index (χ1v) is 12.6. The number of benzene rings is 2. The number of rotatable bonds is 9. The summed E-state index contributed by atoms with van der Waals surface area (Å²) >= 11 is 0. The van der Waals surface area contributed by atoms with Gasteiger partial charge in [-0.1, -0.05) is 55.5 Å². The standard InChI is InChI=1S/C29H35N5/c1-2-29(21-30,23-12-4-3-5-13-23)17-19-34(20-27-32-24-14-6-7-15-25(24)33-27)26-16-8-10-22-11-9-18-31-28(22)26/h3-7,9,11-15,18,26H,2,8,10,16-17,19-21,30H2,1H3,(H,32,33). The third-order valence-corrected chi connectivity index (χ3v) is 7.73. The molecule has 5 rings (SSSR count). The molecule has 1 aliphatic rings. The number of nitrogens with zero attached hydrogens (tertiary/aromatic N) is 3. The van der Waals surface area contributed by atoms with Gasteiger partial charge in [-0.25, -0.2) is 4.98 Å². The molecule has 34 heavy (non-hydrogen) atoms. The fraction of sp³-hybridized carbons (Fsp3) is 0.379. The molecule has 2 aromatic carbocycles. The Morgan fingerprint density at radius 1 is 1.06 bits per heavy atom. The predicted octanol–water partition coefficient (Wildman–Crippen LogP) is 5.53. The van der Waals surface area contributed by atoms with Gasteiger partial charge in [0.25, 0.3) is 0 Å². The van der Waals surface area contributed by atoms with E-state index in [0.29, 0.717) is 12.6 Å². The molecule has 3 N–H and O–H groups in total. The van der Waals surface area contributed by atoms with Crippen LogP contribution < -0.4 is 5.73 Å². The molecule has 1 aliphatic carbocycles. The highest BCUT2D eigenvalue weighted by Crippen LogP contribution is 2.36. The molecule has 2 unspecified atom stereocenters. The van der Waals surface area contributed by atoms with Crippen LogP contribution in [0.1, 0.15) is 61.3 Å². The van der Waals surface area contributed by atoms with Gasteiger partial charge in [0.05, 0.1) is 29.3 Å². The van der Waals surface area contributed by atoms with E-state index in [4.69, 9.17) is 15.7 Å². The maximum atomic E-state index is 6.45. The van der Waals surface area contributed by atoms with Crippen molar-refractivity contribution in [2.24, 2.45) is 5.73 Å². The highest BCUT2D eigenvalue weighted by atomic mass is 15.2. The first kappa shape index (κ1) is 22.8. The lowest BCUT2D eigenvalue weighted by atomic mass is 9.75. The zero-order chi connectivity index (χ0) is 23.4. The highest BCUT2D eigenvalue weighted by molar-refractivity contribution is 5.74. The Morgan fingerprint density at radius 2 is 1.88 bits per heavy atom. The molecule has 0 bridgehead atoms. The molecule has 0 radical (unpaired) electrons. The lowest BCUT2D eigenvalue weighted by Gasteiger charge is -2.38. The summed E-state index contributed by atoms with van der Waals surface area (Å²) in [4.78, 5) is 15.9. The van der Waals surface area contributed by atoms with E-state index in [2.05, 4.69) is 77.5 Å². The maximum Gasteiger partial charge on any atom is 0.121 e. The number of aromatic amines is 1. The van der Waals surface area contributed by atoms with Gasteiger partial charge in [0.1, 0.15) is 5.82 Å². The van der Waals surface area contributed by atoms with E-state index >= 15 is 0 Å². The van der Waals surface area contributed by atoms with Crippen LogP contribution in [0.5, 0.6) is 0 Å². The average Bonchev–Trinajstić information content (AvgIpc) is 3.32. The molecule has 5 nitrogen and oxygen atoms in total. The molecular formula is C29H35N5. The van der Waals surface area contributed by atoms with Crippen molar-refractivity contribution in [2.45, 2.75) is 57.0 Å². The van der Waals surface area contributed by atoms with Crippen LogP contribution in [0.2, 0.25) is 0 Å². The highest BCUT2D eigenvalue weighted by Gasteiger charge is 2.33. The summed E-state index contributed by atoms with van der Waals surface area (Å²) in [5, 5.41) is 0. The number of H-pyrrole nitrogens is 1. The van der Waals surface area contributed by atoms with Gasteiger partial charge in [-0.05, 0) is 61.4 Å². The number of pyridine rings is 1. The Balaban J connectivity index is 1.46.